The average molecular weight is 350 g/mol. The van der Waals surface area contributed by atoms with Crippen LogP contribution in [-0.4, -0.2) is 31.8 Å². The number of carbonyl (C=O) groups is 1. The molecule has 1 heterocycles. The van der Waals surface area contributed by atoms with Gasteiger partial charge in [0.25, 0.3) is 15.0 Å². The van der Waals surface area contributed by atoms with Crippen LogP contribution in [0.3, 0.4) is 0 Å². The SMILES string of the molecule is Cc1cc(C(=O)N2CC(C)CC2C)cc(S(=O)(=O)Cl)c1Cl. The van der Waals surface area contributed by atoms with Crippen LogP contribution < -0.4 is 0 Å². The molecule has 0 spiro atoms. The maximum Gasteiger partial charge on any atom is 0.262 e. The molecule has 4 nitrogen and oxygen atoms in total. The van der Waals surface area contributed by atoms with Gasteiger partial charge in [-0.3, -0.25) is 4.79 Å². The Hall–Kier alpha value is -0.780. The summed E-state index contributed by atoms with van der Waals surface area (Å²) in [7, 11) is 1.40. The molecule has 2 atom stereocenters. The Morgan fingerprint density at radius 3 is 2.43 bits per heavy atom. The van der Waals surface area contributed by atoms with Crippen molar-refractivity contribution in [3.8, 4) is 0 Å². The molecule has 1 aromatic carbocycles. The van der Waals surface area contributed by atoms with Gasteiger partial charge in [0.1, 0.15) is 4.90 Å². The summed E-state index contributed by atoms with van der Waals surface area (Å²) in [4.78, 5) is 14.1. The Kier molecular flexibility index (Phi) is 4.57. The van der Waals surface area contributed by atoms with Gasteiger partial charge in [-0.15, -0.1) is 0 Å². The molecular formula is C14H17Cl2NO3S. The predicted molar refractivity (Wildman–Crippen MR) is 83.5 cm³/mol. The Morgan fingerprint density at radius 2 is 1.95 bits per heavy atom. The Balaban J connectivity index is 2.46. The zero-order valence-electron chi connectivity index (χ0n) is 12.1. The lowest BCUT2D eigenvalue weighted by atomic mass is 10.1. The van der Waals surface area contributed by atoms with Crippen LogP contribution in [0.15, 0.2) is 17.0 Å². The van der Waals surface area contributed by atoms with Crippen molar-refractivity contribution in [1.82, 2.24) is 4.90 Å². The number of amides is 1. The number of benzene rings is 1. The molecule has 1 fully saturated rings. The van der Waals surface area contributed by atoms with Gasteiger partial charge in [-0.2, -0.15) is 0 Å². The Bertz CT molecular complexity index is 688. The van der Waals surface area contributed by atoms with E-state index in [0.29, 0.717) is 23.6 Å². The van der Waals surface area contributed by atoms with E-state index in [9.17, 15) is 13.2 Å². The second-order valence-electron chi connectivity index (χ2n) is 5.69. The number of nitrogens with zero attached hydrogens (tertiary/aromatic N) is 1. The van der Waals surface area contributed by atoms with Crippen LogP contribution in [0, 0.1) is 12.8 Å². The summed E-state index contributed by atoms with van der Waals surface area (Å²) in [5.74, 6) is 0.252. The van der Waals surface area contributed by atoms with Crippen molar-refractivity contribution in [2.24, 2.45) is 5.92 Å². The third kappa shape index (κ3) is 3.35. The standard InChI is InChI=1S/C14H17Cl2NO3S/c1-8-4-10(3)17(7-8)14(18)11-5-9(2)13(15)12(6-11)21(16,19)20/h5-6,8,10H,4,7H2,1-3H3. The van der Waals surface area contributed by atoms with Crippen LogP contribution in [0.1, 0.15) is 36.2 Å². The number of aryl methyl sites for hydroxylation is 1. The molecule has 1 saturated heterocycles. The largest absolute Gasteiger partial charge is 0.336 e. The maximum atomic E-state index is 12.6. The first-order valence-electron chi connectivity index (χ1n) is 6.67. The van der Waals surface area contributed by atoms with E-state index < -0.39 is 9.05 Å². The minimum Gasteiger partial charge on any atom is -0.336 e. The first-order chi connectivity index (χ1) is 9.61. The fourth-order valence-electron chi connectivity index (χ4n) is 2.79. The molecule has 21 heavy (non-hydrogen) atoms. The highest BCUT2D eigenvalue weighted by molar-refractivity contribution is 8.13. The van der Waals surface area contributed by atoms with Crippen molar-refractivity contribution in [3.05, 3.63) is 28.3 Å². The van der Waals surface area contributed by atoms with E-state index >= 15 is 0 Å². The molecule has 1 aliphatic rings. The normalized spacial score (nSPS) is 22.6. The summed E-state index contributed by atoms with van der Waals surface area (Å²) in [6.45, 7) is 6.40. The molecule has 0 aliphatic carbocycles. The summed E-state index contributed by atoms with van der Waals surface area (Å²) in [6.07, 6.45) is 0.943. The molecule has 2 rings (SSSR count). The lowest BCUT2D eigenvalue weighted by molar-refractivity contribution is 0.0743. The molecule has 0 saturated carbocycles. The van der Waals surface area contributed by atoms with Crippen LogP contribution in [0.2, 0.25) is 5.02 Å². The number of hydrogen-bond acceptors (Lipinski definition) is 3. The van der Waals surface area contributed by atoms with E-state index in [-0.39, 0.29) is 21.9 Å². The van der Waals surface area contributed by atoms with Crippen LogP contribution >= 0.6 is 22.3 Å². The lowest BCUT2D eigenvalue weighted by Crippen LogP contribution is -2.34. The van der Waals surface area contributed by atoms with E-state index in [1.54, 1.807) is 17.9 Å². The van der Waals surface area contributed by atoms with E-state index in [0.717, 1.165) is 6.42 Å². The maximum absolute atomic E-state index is 12.6. The number of halogens is 2. The van der Waals surface area contributed by atoms with Gasteiger partial charge in [0.05, 0.1) is 5.02 Å². The summed E-state index contributed by atoms with van der Waals surface area (Å²) < 4.78 is 23.1. The summed E-state index contributed by atoms with van der Waals surface area (Å²) in [5.41, 5.74) is 0.818. The van der Waals surface area contributed by atoms with Crippen LogP contribution in [-0.2, 0) is 9.05 Å². The molecule has 1 aliphatic heterocycles. The number of carbonyl (C=O) groups excluding carboxylic acids is 1. The first kappa shape index (κ1) is 16.6. The average Bonchev–Trinajstić information content (AvgIpc) is 2.69. The van der Waals surface area contributed by atoms with Gasteiger partial charge in [0.15, 0.2) is 0 Å². The number of hydrogen-bond donors (Lipinski definition) is 0. The molecule has 0 aromatic heterocycles. The quantitative estimate of drug-likeness (QED) is 0.768. The Morgan fingerprint density at radius 1 is 1.33 bits per heavy atom. The molecule has 0 radical (unpaired) electrons. The van der Waals surface area contributed by atoms with Crippen molar-refractivity contribution in [1.29, 1.82) is 0 Å². The number of rotatable bonds is 2. The summed E-state index contributed by atoms with van der Waals surface area (Å²) in [6, 6.07) is 3.00. The third-order valence-corrected chi connectivity index (χ3v) is 5.74. The summed E-state index contributed by atoms with van der Waals surface area (Å²) >= 11 is 5.98. The molecule has 116 valence electrons. The van der Waals surface area contributed by atoms with Gasteiger partial charge >= 0.3 is 0 Å². The van der Waals surface area contributed by atoms with E-state index in [1.807, 2.05) is 6.92 Å². The fraction of sp³-hybridized carbons (Fsp3) is 0.500. The molecule has 7 heteroatoms. The van der Waals surface area contributed by atoms with Gasteiger partial charge in [-0.05, 0) is 43.9 Å². The molecule has 0 N–H and O–H groups in total. The molecular weight excluding hydrogens is 333 g/mol. The van der Waals surface area contributed by atoms with Crippen LogP contribution in [0.5, 0.6) is 0 Å². The van der Waals surface area contributed by atoms with Crippen molar-refractivity contribution >= 4 is 37.2 Å². The number of likely N-dealkylation sites (tertiary alicyclic amines) is 1. The first-order valence-corrected chi connectivity index (χ1v) is 9.35. The smallest absolute Gasteiger partial charge is 0.262 e. The zero-order valence-corrected chi connectivity index (χ0v) is 14.4. The van der Waals surface area contributed by atoms with Gasteiger partial charge in [0.2, 0.25) is 0 Å². The highest BCUT2D eigenvalue weighted by Crippen LogP contribution is 2.31. The van der Waals surface area contributed by atoms with Gasteiger partial charge in [-0.1, -0.05) is 18.5 Å². The van der Waals surface area contributed by atoms with Crippen molar-refractivity contribution < 1.29 is 13.2 Å². The van der Waals surface area contributed by atoms with Crippen LogP contribution in [0.4, 0.5) is 0 Å². The van der Waals surface area contributed by atoms with E-state index in [4.69, 9.17) is 22.3 Å². The van der Waals surface area contributed by atoms with Crippen LogP contribution in [0.25, 0.3) is 0 Å². The van der Waals surface area contributed by atoms with Crippen molar-refractivity contribution in [2.45, 2.75) is 38.1 Å². The molecule has 1 aromatic rings. The minimum absolute atomic E-state index is 0.0596. The topological polar surface area (TPSA) is 54.5 Å². The minimum atomic E-state index is -3.99. The summed E-state index contributed by atoms with van der Waals surface area (Å²) in [5, 5.41) is 0.0596. The van der Waals surface area contributed by atoms with Gasteiger partial charge < -0.3 is 4.90 Å². The van der Waals surface area contributed by atoms with Crippen molar-refractivity contribution in [2.75, 3.05) is 6.54 Å². The Labute approximate surface area is 134 Å². The second-order valence-corrected chi connectivity index (χ2v) is 8.60. The molecule has 2 unspecified atom stereocenters. The fourth-order valence-corrected chi connectivity index (χ4v) is 4.33. The molecule has 1 amide bonds. The highest BCUT2D eigenvalue weighted by atomic mass is 35.7. The highest BCUT2D eigenvalue weighted by Gasteiger charge is 2.31. The predicted octanol–water partition coefficient (Wildman–Crippen LogP) is 3.45. The van der Waals surface area contributed by atoms with Crippen molar-refractivity contribution in [3.63, 3.8) is 0 Å². The molecule has 0 bridgehead atoms. The monoisotopic (exact) mass is 349 g/mol. The van der Waals surface area contributed by atoms with Gasteiger partial charge in [0, 0.05) is 28.8 Å². The van der Waals surface area contributed by atoms with E-state index in [1.165, 1.54) is 6.07 Å². The van der Waals surface area contributed by atoms with E-state index in [2.05, 4.69) is 6.92 Å². The second kappa shape index (κ2) is 5.78. The lowest BCUT2D eigenvalue weighted by Gasteiger charge is -2.22. The van der Waals surface area contributed by atoms with Gasteiger partial charge in [-0.25, -0.2) is 8.42 Å². The zero-order chi connectivity index (χ0) is 15.9. The third-order valence-electron chi connectivity index (χ3n) is 3.78.